The summed E-state index contributed by atoms with van der Waals surface area (Å²) < 4.78 is 41.5. The van der Waals surface area contributed by atoms with Gasteiger partial charge in [-0.25, -0.2) is 14.3 Å². The van der Waals surface area contributed by atoms with Gasteiger partial charge in [-0.2, -0.15) is 18.3 Å². The highest BCUT2D eigenvalue weighted by molar-refractivity contribution is 5.80. The van der Waals surface area contributed by atoms with E-state index in [9.17, 15) is 27.6 Å². The number of nitrogens with one attached hydrogen (secondary N) is 2. The maximum Gasteiger partial charge on any atom is 0.406 e. The van der Waals surface area contributed by atoms with Crippen LogP contribution in [0.3, 0.4) is 0 Å². The molecule has 0 aliphatic heterocycles. The molecule has 12 heteroatoms. The summed E-state index contributed by atoms with van der Waals surface area (Å²) >= 11 is 0. The minimum absolute atomic E-state index is 0.00273. The van der Waals surface area contributed by atoms with E-state index < -0.39 is 24.0 Å². The fraction of sp³-hybridized carbons (Fsp3) is 0.208. The topological polar surface area (TPSA) is 118 Å². The number of imidazole rings is 1. The highest BCUT2D eigenvalue weighted by atomic mass is 19.4. The molecule has 1 aliphatic rings. The van der Waals surface area contributed by atoms with Crippen molar-refractivity contribution in [3.8, 4) is 11.3 Å². The summed E-state index contributed by atoms with van der Waals surface area (Å²) in [4.78, 5) is 45.2. The van der Waals surface area contributed by atoms with E-state index in [2.05, 4.69) is 20.1 Å². The van der Waals surface area contributed by atoms with Gasteiger partial charge < -0.3 is 9.55 Å². The normalized spacial score (nSPS) is 17.6. The summed E-state index contributed by atoms with van der Waals surface area (Å²) in [6.07, 6.45) is 2.01. The van der Waals surface area contributed by atoms with Crippen molar-refractivity contribution >= 4 is 16.6 Å². The third-order valence-electron chi connectivity index (χ3n) is 6.45. The fourth-order valence-corrected chi connectivity index (χ4v) is 4.74. The number of aromatic amines is 2. The van der Waals surface area contributed by atoms with E-state index >= 15 is 0 Å². The first-order chi connectivity index (χ1) is 17.2. The van der Waals surface area contributed by atoms with Crippen LogP contribution in [-0.2, 0) is 6.54 Å². The van der Waals surface area contributed by atoms with Crippen LogP contribution in [0.25, 0.3) is 27.8 Å². The molecule has 1 aliphatic carbocycles. The first-order valence-electron chi connectivity index (χ1n) is 11.0. The Kier molecular flexibility index (Phi) is 4.75. The number of benzene rings is 1. The number of aromatic nitrogens is 6. The molecule has 0 amide bonds. The molecule has 2 N–H and O–H groups in total. The van der Waals surface area contributed by atoms with Crippen LogP contribution in [0.4, 0.5) is 13.2 Å². The van der Waals surface area contributed by atoms with Crippen LogP contribution in [0.5, 0.6) is 0 Å². The van der Waals surface area contributed by atoms with Crippen molar-refractivity contribution in [2.24, 2.45) is 0 Å². The molecule has 1 saturated carbocycles. The molecule has 4 heterocycles. The van der Waals surface area contributed by atoms with Crippen molar-refractivity contribution in [2.45, 2.75) is 31.0 Å². The summed E-state index contributed by atoms with van der Waals surface area (Å²) in [6.45, 7) is -1.18. The Morgan fingerprint density at radius 3 is 2.67 bits per heavy atom. The first-order valence-corrected chi connectivity index (χ1v) is 11.0. The number of hydrogen-bond donors (Lipinski definition) is 2. The lowest BCUT2D eigenvalue weighted by molar-refractivity contribution is -0.139. The second kappa shape index (κ2) is 7.77. The molecule has 4 aromatic heterocycles. The van der Waals surface area contributed by atoms with Gasteiger partial charge >= 0.3 is 11.9 Å². The van der Waals surface area contributed by atoms with Gasteiger partial charge in [-0.1, -0.05) is 6.07 Å². The summed E-state index contributed by atoms with van der Waals surface area (Å²) in [7, 11) is 0. The van der Waals surface area contributed by atoms with E-state index in [0.29, 0.717) is 11.3 Å². The van der Waals surface area contributed by atoms with Crippen molar-refractivity contribution < 1.29 is 13.2 Å². The van der Waals surface area contributed by atoms with Crippen LogP contribution in [0.2, 0.25) is 0 Å². The van der Waals surface area contributed by atoms with E-state index in [1.54, 1.807) is 41.2 Å². The third kappa shape index (κ3) is 3.80. The molecule has 2 atom stereocenters. The largest absolute Gasteiger partial charge is 0.406 e. The summed E-state index contributed by atoms with van der Waals surface area (Å²) in [6, 6.07) is 7.86. The van der Waals surface area contributed by atoms with E-state index in [-0.39, 0.29) is 33.7 Å². The molecule has 9 nitrogen and oxygen atoms in total. The predicted molar refractivity (Wildman–Crippen MR) is 124 cm³/mol. The molecule has 36 heavy (non-hydrogen) atoms. The van der Waals surface area contributed by atoms with Gasteiger partial charge in [0.15, 0.2) is 11.1 Å². The molecular weight excluding hydrogens is 477 g/mol. The van der Waals surface area contributed by atoms with E-state index in [4.69, 9.17) is 0 Å². The van der Waals surface area contributed by atoms with Crippen LogP contribution < -0.4 is 16.7 Å². The maximum absolute atomic E-state index is 13.0. The molecule has 1 aromatic carbocycles. The number of halogens is 3. The number of H-pyrrole nitrogens is 2. The monoisotopic (exact) mass is 494 g/mol. The molecule has 0 unspecified atom stereocenters. The second-order valence-corrected chi connectivity index (χ2v) is 8.81. The minimum Gasteiger partial charge on any atom is -0.338 e. The third-order valence-corrected chi connectivity index (χ3v) is 6.45. The highest BCUT2D eigenvalue weighted by Crippen LogP contribution is 2.55. The van der Waals surface area contributed by atoms with Crippen LogP contribution in [0.1, 0.15) is 29.4 Å². The number of alkyl halides is 3. The van der Waals surface area contributed by atoms with Crippen molar-refractivity contribution in [3.05, 3.63) is 97.3 Å². The molecule has 5 aromatic rings. The maximum atomic E-state index is 13.0. The molecule has 0 spiro atoms. The summed E-state index contributed by atoms with van der Waals surface area (Å²) in [5.41, 5.74) is 1.51. The molecule has 0 bridgehead atoms. The average Bonchev–Trinajstić information content (AvgIpc) is 3.47. The smallest absolute Gasteiger partial charge is 0.338 e. The first kappa shape index (κ1) is 22.0. The summed E-state index contributed by atoms with van der Waals surface area (Å²) in [5.74, 6) is 0.00624. The Morgan fingerprint density at radius 2 is 1.89 bits per heavy atom. The molecular formula is C24H17F3N6O3. The minimum atomic E-state index is -4.41. The lowest BCUT2D eigenvalue weighted by Gasteiger charge is -2.14. The molecule has 182 valence electrons. The second-order valence-electron chi connectivity index (χ2n) is 8.81. The van der Waals surface area contributed by atoms with Gasteiger partial charge in [0.25, 0.3) is 5.56 Å². The van der Waals surface area contributed by atoms with Gasteiger partial charge in [-0.3, -0.25) is 14.6 Å². The number of pyridine rings is 1. The lowest BCUT2D eigenvalue weighted by atomic mass is 10.0. The molecule has 0 radical (unpaired) electrons. The van der Waals surface area contributed by atoms with E-state index in [1.165, 1.54) is 6.20 Å². The fourth-order valence-electron chi connectivity index (χ4n) is 4.74. The van der Waals surface area contributed by atoms with E-state index in [0.717, 1.165) is 34.4 Å². The Labute approximate surface area is 198 Å². The number of hydrogen-bond acceptors (Lipinski definition) is 5. The highest BCUT2D eigenvalue weighted by Gasteiger charge is 2.41. The van der Waals surface area contributed by atoms with Crippen LogP contribution in [0.15, 0.2) is 69.5 Å². The summed E-state index contributed by atoms with van der Waals surface area (Å²) in [5, 5.41) is 4.66. The van der Waals surface area contributed by atoms with E-state index in [1.807, 2.05) is 0 Å². The molecule has 0 saturated heterocycles. The van der Waals surface area contributed by atoms with Gasteiger partial charge in [-0.15, -0.1) is 0 Å². The zero-order valence-corrected chi connectivity index (χ0v) is 18.4. The Hall–Kier alpha value is -4.48. The molecule has 1 fully saturated rings. The number of fused-ring (bicyclic) bond motifs is 2. The molecule has 6 rings (SSSR count). The average molecular weight is 494 g/mol. The van der Waals surface area contributed by atoms with Crippen molar-refractivity contribution in [1.29, 1.82) is 0 Å². The SMILES string of the molecule is O=c1[nH]cc(-c2cc([C@H]3C[C@@H]3c3ccc4c(c3)c(=O)ccn4CC(F)(F)F)c3nccn3n2)c(=O)[nH]1. The Balaban J connectivity index is 1.40. The lowest BCUT2D eigenvalue weighted by Crippen LogP contribution is -2.23. The van der Waals surface area contributed by atoms with Gasteiger partial charge in [0.1, 0.15) is 6.54 Å². The van der Waals surface area contributed by atoms with Gasteiger partial charge in [0.2, 0.25) is 0 Å². The predicted octanol–water partition coefficient (Wildman–Crippen LogP) is 2.92. The van der Waals surface area contributed by atoms with Gasteiger partial charge in [0, 0.05) is 41.8 Å². The van der Waals surface area contributed by atoms with Crippen LogP contribution >= 0.6 is 0 Å². The van der Waals surface area contributed by atoms with Crippen molar-refractivity contribution in [2.75, 3.05) is 0 Å². The Bertz CT molecular complexity index is 1830. The van der Waals surface area contributed by atoms with Crippen LogP contribution in [-0.4, -0.2) is 35.3 Å². The zero-order chi connectivity index (χ0) is 25.2. The van der Waals surface area contributed by atoms with Gasteiger partial charge in [-0.05, 0) is 42.0 Å². The quantitative estimate of drug-likeness (QED) is 0.398. The Morgan fingerprint density at radius 1 is 1.06 bits per heavy atom. The van der Waals surface area contributed by atoms with Crippen LogP contribution in [0, 0.1) is 0 Å². The number of rotatable bonds is 4. The number of nitrogens with zero attached hydrogens (tertiary/aromatic N) is 4. The van der Waals surface area contributed by atoms with Crippen molar-refractivity contribution in [3.63, 3.8) is 0 Å². The standard InChI is InChI=1S/C24H17F3N6O3/c25-24(26,27)11-32-5-3-20(34)16-7-12(1-2-19(16)32)13-8-14(13)15-9-18(31-33-6-4-28-21(15)33)17-10-29-23(36)30-22(17)35/h1-7,9-10,13-14H,8,11H2,(H2,29,30,35,36)/t13-,14+/m1/s1. The van der Waals surface area contributed by atoms with Gasteiger partial charge in [0.05, 0.1) is 16.8 Å². The van der Waals surface area contributed by atoms with Crippen molar-refractivity contribution in [1.82, 2.24) is 29.1 Å². The zero-order valence-electron chi connectivity index (χ0n) is 18.4.